The fourth-order valence-corrected chi connectivity index (χ4v) is 3.37. The zero-order chi connectivity index (χ0) is 17.8. The summed E-state index contributed by atoms with van der Waals surface area (Å²) >= 11 is 0. The molecule has 1 aliphatic rings. The van der Waals surface area contributed by atoms with Crippen molar-refractivity contribution >= 4 is 16.7 Å². The number of fused-ring (bicyclic) bond motifs is 1. The molecule has 134 valence electrons. The molecule has 0 radical (unpaired) electrons. The van der Waals surface area contributed by atoms with Crippen LogP contribution in [0.5, 0.6) is 5.75 Å². The van der Waals surface area contributed by atoms with Crippen LogP contribution in [-0.2, 0) is 11.3 Å². The normalized spacial score (nSPS) is 15.1. The minimum atomic E-state index is -0.381. The van der Waals surface area contributed by atoms with E-state index in [2.05, 4.69) is 12.1 Å². The Balaban J connectivity index is 1.35. The molecule has 0 atom stereocenters. The van der Waals surface area contributed by atoms with Crippen LogP contribution in [0.4, 0.5) is 0 Å². The van der Waals surface area contributed by atoms with E-state index in [1.807, 2.05) is 30.3 Å². The van der Waals surface area contributed by atoms with Gasteiger partial charge in [0, 0.05) is 0 Å². The van der Waals surface area contributed by atoms with Gasteiger partial charge in [0.1, 0.15) is 24.2 Å². The van der Waals surface area contributed by atoms with Gasteiger partial charge in [-0.05, 0) is 60.7 Å². The van der Waals surface area contributed by atoms with Crippen molar-refractivity contribution in [3.8, 4) is 5.75 Å². The molecular formula is C22H22O4. The summed E-state index contributed by atoms with van der Waals surface area (Å²) in [6, 6.07) is 17.5. The van der Waals surface area contributed by atoms with E-state index in [0.29, 0.717) is 5.76 Å². The molecule has 1 saturated carbocycles. The molecule has 3 aromatic rings. The van der Waals surface area contributed by atoms with Crippen LogP contribution in [0, 0.1) is 0 Å². The summed E-state index contributed by atoms with van der Waals surface area (Å²) in [4.78, 5) is 12.2. The van der Waals surface area contributed by atoms with E-state index in [4.69, 9.17) is 13.9 Å². The lowest BCUT2D eigenvalue weighted by molar-refractivity contribution is 0.0174. The van der Waals surface area contributed by atoms with Crippen LogP contribution in [0.1, 0.15) is 48.4 Å². The van der Waals surface area contributed by atoms with Crippen molar-refractivity contribution in [2.45, 2.75) is 44.8 Å². The maximum atomic E-state index is 12.2. The van der Waals surface area contributed by atoms with Crippen LogP contribution < -0.4 is 4.74 Å². The molecule has 4 heteroatoms. The summed E-state index contributed by atoms with van der Waals surface area (Å²) in [6.45, 7) is 0.273. The standard InChI is InChI=1S/C22H22O4/c23-22(26-18-8-2-1-3-9-18)21-13-12-20(25-21)15-24-19-11-10-16-6-4-5-7-17(16)14-19/h4-7,10-14,18H,1-3,8-9,15H2. The fraction of sp³-hybridized carbons (Fsp3) is 0.318. The zero-order valence-electron chi connectivity index (χ0n) is 14.6. The summed E-state index contributed by atoms with van der Waals surface area (Å²) in [5.41, 5.74) is 0. The molecule has 0 aliphatic heterocycles. The minimum absolute atomic E-state index is 0.0265. The third-order valence-corrected chi connectivity index (χ3v) is 4.79. The number of benzene rings is 2. The average molecular weight is 350 g/mol. The van der Waals surface area contributed by atoms with Gasteiger partial charge >= 0.3 is 5.97 Å². The highest BCUT2D eigenvalue weighted by molar-refractivity contribution is 5.86. The Kier molecular flexibility index (Phi) is 4.91. The van der Waals surface area contributed by atoms with Crippen molar-refractivity contribution in [3.63, 3.8) is 0 Å². The minimum Gasteiger partial charge on any atom is -0.486 e. The summed E-state index contributed by atoms with van der Waals surface area (Å²) in [6.07, 6.45) is 5.40. The second-order valence-electron chi connectivity index (χ2n) is 6.73. The smallest absolute Gasteiger partial charge is 0.374 e. The first kappa shape index (κ1) is 16.7. The van der Waals surface area contributed by atoms with E-state index in [9.17, 15) is 4.79 Å². The first-order valence-electron chi connectivity index (χ1n) is 9.19. The molecule has 0 unspecified atom stereocenters. The lowest BCUT2D eigenvalue weighted by Crippen LogP contribution is -2.20. The van der Waals surface area contributed by atoms with Gasteiger partial charge in [0.25, 0.3) is 0 Å². The predicted octanol–water partition coefficient (Wildman–Crippen LogP) is 5.50. The number of hydrogen-bond donors (Lipinski definition) is 0. The van der Waals surface area contributed by atoms with Crippen molar-refractivity contribution in [3.05, 3.63) is 66.1 Å². The first-order chi connectivity index (χ1) is 12.8. The highest BCUT2D eigenvalue weighted by Crippen LogP contribution is 2.23. The Morgan fingerprint density at radius 3 is 2.62 bits per heavy atom. The molecule has 2 aromatic carbocycles. The SMILES string of the molecule is O=C(OC1CCCCC1)c1ccc(COc2ccc3ccccc3c2)o1. The maximum Gasteiger partial charge on any atom is 0.374 e. The van der Waals surface area contributed by atoms with Crippen molar-refractivity contribution in [1.82, 2.24) is 0 Å². The number of carbonyl (C=O) groups is 1. The zero-order valence-corrected chi connectivity index (χ0v) is 14.6. The van der Waals surface area contributed by atoms with Gasteiger partial charge in [-0.1, -0.05) is 36.8 Å². The van der Waals surface area contributed by atoms with Crippen LogP contribution in [0.2, 0.25) is 0 Å². The van der Waals surface area contributed by atoms with Gasteiger partial charge in [0.15, 0.2) is 0 Å². The first-order valence-corrected chi connectivity index (χ1v) is 9.19. The van der Waals surface area contributed by atoms with E-state index in [-0.39, 0.29) is 24.4 Å². The van der Waals surface area contributed by atoms with Crippen LogP contribution in [0.3, 0.4) is 0 Å². The summed E-state index contributed by atoms with van der Waals surface area (Å²) in [5, 5.41) is 2.30. The van der Waals surface area contributed by atoms with Crippen molar-refractivity contribution in [2.75, 3.05) is 0 Å². The Bertz CT molecular complexity index is 890. The molecule has 4 nitrogen and oxygen atoms in total. The third-order valence-electron chi connectivity index (χ3n) is 4.79. The van der Waals surface area contributed by atoms with Crippen molar-refractivity contribution < 1.29 is 18.7 Å². The highest BCUT2D eigenvalue weighted by Gasteiger charge is 2.21. The summed E-state index contributed by atoms with van der Waals surface area (Å²) in [5.74, 6) is 1.24. The average Bonchev–Trinajstić information content (AvgIpc) is 3.16. The molecule has 0 saturated heterocycles. The molecule has 0 bridgehead atoms. The molecule has 4 rings (SSSR count). The van der Waals surface area contributed by atoms with Crippen LogP contribution in [0.25, 0.3) is 10.8 Å². The van der Waals surface area contributed by atoms with Gasteiger partial charge in [0.2, 0.25) is 5.76 Å². The lowest BCUT2D eigenvalue weighted by atomic mass is 9.98. The van der Waals surface area contributed by atoms with Crippen molar-refractivity contribution in [2.24, 2.45) is 0 Å². The second kappa shape index (κ2) is 7.65. The molecule has 1 aliphatic carbocycles. The van der Waals surface area contributed by atoms with Crippen molar-refractivity contribution in [1.29, 1.82) is 0 Å². The van der Waals surface area contributed by atoms with E-state index in [1.165, 1.54) is 11.8 Å². The number of rotatable bonds is 5. The molecule has 0 spiro atoms. The van der Waals surface area contributed by atoms with Gasteiger partial charge < -0.3 is 13.9 Å². The number of carbonyl (C=O) groups excluding carboxylic acids is 1. The highest BCUT2D eigenvalue weighted by atomic mass is 16.6. The molecule has 1 fully saturated rings. The number of esters is 1. The lowest BCUT2D eigenvalue weighted by Gasteiger charge is -2.21. The van der Waals surface area contributed by atoms with E-state index in [0.717, 1.165) is 36.8 Å². The molecule has 0 amide bonds. The van der Waals surface area contributed by atoms with Gasteiger partial charge in [0.05, 0.1) is 0 Å². The van der Waals surface area contributed by atoms with Crippen LogP contribution in [0.15, 0.2) is 59.0 Å². The van der Waals surface area contributed by atoms with E-state index in [1.54, 1.807) is 12.1 Å². The summed E-state index contributed by atoms with van der Waals surface area (Å²) in [7, 11) is 0. The monoisotopic (exact) mass is 350 g/mol. The number of furan rings is 1. The Morgan fingerprint density at radius 2 is 1.77 bits per heavy atom. The number of ether oxygens (including phenoxy) is 2. The van der Waals surface area contributed by atoms with Gasteiger partial charge in [-0.2, -0.15) is 0 Å². The molecule has 26 heavy (non-hydrogen) atoms. The predicted molar refractivity (Wildman–Crippen MR) is 99.3 cm³/mol. The third kappa shape index (κ3) is 3.90. The van der Waals surface area contributed by atoms with Gasteiger partial charge in [-0.25, -0.2) is 4.79 Å². The van der Waals surface area contributed by atoms with Gasteiger partial charge in [-0.3, -0.25) is 0 Å². The Hall–Kier alpha value is -2.75. The van der Waals surface area contributed by atoms with E-state index < -0.39 is 0 Å². The Labute approximate surface area is 152 Å². The van der Waals surface area contributed by atoms with E-state index >= 15 is 0 Å². The molecule has 1 heterocycles. The second-order valence-corrected chi connectivity index (χ2v) is 6.73. The Morgan fingerprint density at radius 1 is 0.962 bits per heavy atom. The largest absolute Gasteiger partial charge is 0.486 e. The maximum absolute atomic E-state index is 12.2. The fourth-order valence-electron chi connectivity index (χ4n) is 3.37. The number of hydrogen-bond acceptors (Lipinski definition) is 4. The topological polar surface area (TPSA) is 48.7 Å². The summed E-state index contributed by atoms with van der Waals surface area (Å²) < 4.78 is 16.9. The van der Waals surface area contributed by atoms with Gasteiger partial charge in [-0.15, -0.1) is 0 Å². The molecule has 0 N–H and O–H groups in total. The molecular weight excluding hydrogens is 328 g/mol. The van der Waals surface area contributed by atoms with Crippen LogP contribution in [-0.4, -0.2) is 12.1 Å². The van der Waals surface area contributed by atoms with Crippen LogP contribution >= 0.6 is 0 Å². The molecule has 1 aromatic heterocycles. The quantitative estimate of drug-likeness (QED) is 0.570.